The fraction of sp³-hybridized carbons (Fsp3) is 0.767. The van der Waals surface area contributed by atoms with Crippen molar-refractivity contribution in [3.8, 4) is 0 Å². The van der Waals surface area contributed by atoms with E-state index >= 15 is 0 Å². The maximum atomic E-state index is 12.9. The molecule has 6 heteroatoms. The molecule has 0 heterocycles. The number of unbranched alkanes of at least 4 members (excludes halogenated alkanes) is 37. The Bertz CT molecular complexity index is 1500. The maximum absolute atomic E-state index is 12.9. The van der Waals surface area contributed by atoms with Gasteiger partial charge in [0.1, 0.15) is 13.2 Å². The van der Waals surface area contributed by atoms with Crippen LogP contribution in [-0.4, -0.2) is 37.2 Å². The predicted molar refractivity (Wildman–Crippen MR) is 344 cm³/mol. The quantitative estimate of drug-likeness (QED) is 0.0261. The van der Waals surface area contributed by atoms with E-state index in [0.717, 1.165) is 103 Å². The van der Waals surface area contributed by atoms with E-state index in [4.69, 9.17) is 14.2 Å². The van der Waals surface area contributed by atoms with Crippen molar-refractivity contribution in [3.63, 3.8) is 0 Å². The second kappa shape index (κ2) is 67.1. The summed E-state index contributed by atoms with van der Waals surface area (Å²) in [6.45, 7) is 6.63. The van der Waals surface area contributed by atoms with Crippen LogP contribution in [0, 0.1) is 0 Å². The number of hydrogen-bond donors (Lipinski definition) is 0. The van der Waals surface area contributed by atoms with Crippen LogP contribution in [-0.2, 0) is 28.6 Å². The molecule has 79 heavy (non-hydrogen) atoms. The van der Waals surface area contributed by atoms with Gasteiger partial charge in [-0.3, -0.25) is 14.4 Å². The van der Waals surface area contributed by atoms with Crippen LogP contribution >= 0.6 is 0 Å². The fourth-order valence-electron chi connectivity index (χ4n) is 9.69. The molecule has 0 rings (SSSR count). The number of rotatable bonds is 62. The van der Waals surface area contributed by atoms with Crippen LogP contribution in [0.3, 0.4) is 0 Å². The highest BCUT2D eigenvalue weighted by Gasteiger charge is 2.19. The molecule has 0 aromatic rings. The summed E-state index contributed by atoms with van der Waals surface area (Å²) in [5.41, 5.74) is 0. The summed E-state index contributed by atoms with van der Waals surface area (Å²) in [6, 6.07) is 0. The lowest BCUT2D eigenvalue weighted by Gasteiger charge is -2.18. The summed E-state index contributed by atoms with van der Waals surface area (Å²) in [4.78, 5) is 38.4. The van der Waals surface area contributed by atoms with Gasteiger partial charge in [0, 0.05) is 19.3 Å². The average Bonchev–Trinajstić information content (AvgIpc) is 3.45. The molecular formula is C73H128O6. The van der Waals surface area contributed by atoms with Crippen LogP contribution < -0.4 is 0 Å². The van der Waals surface area contributed by atoms with Crippen molar-refractivity contribution < 1.29 is 28.6 Å². The smallest absolute Gasteiger partial charge is 0.306 e. The van der Waals surface area contributed by atoms with Crippen molar-refractivity contribution in [1.82, 2.24) is 0 Å². The molecule has 0 aliphatic carbocycles. The van der Waals surface area contributed by atoms with Crippen LogP contribution in [0.4, 0.5) is 0 Å². The van der Waals surface area contributed by atoms with E-state index in [1.165, 1.54) is 199 Å². The lowest BCUT2D eigenvalue weighted by atomic mass is 10.1. The standard InChI is InChI=1S/C73H128O6/c1-4-7-10-13-16-19-22-25-28-30-32-34-36-38-40-42-45-48-51-54-57-60-63-66-72(75)78-69-70(68-77-71(74)65-62-59-56-53-50-47-44-27-24-21-18-15-12-9-6-3)79-73(76)67-64-61-58-55-52-49-46-43-41-39-37-35-33-31-29-26-23-20-17-14-11-8-5-2/h22-23,25-27,30-33,36-39,44,70H,4-21,24,28-29,34-35,40-43,45-69H2,1-3H3/b25-22-,26-23-,32-30-,33-31-,38-36-,39-37-,44-27-. The van der Waals surface area contributed by atoms with Gasteiger partial charge in [-0.1, -0.05) is 286 Å². The Labute approximate surface area is 490 Å². The van der Waals surface area contributed by atoms with Crippen molar-refractivity contribution in [2.75, 3.05) is 13.2 Å². The first-order chi connectivity index (χ1) is 39.0. The minimum atomic E-state index is -0.790. The average molecular weight is 1100 g/mol. The van der Waals surface area contributed by atoms with Gasteiger partial charge in [0.15, 0.2) is 6.10 Å². The zero-order valence-electron chi connectivity index (χ0n) is 52.4. The van der Waals surface area contributed by atoms with Gasteiger partial charge in [0.2, 0.25) is 0 Å². The first-order valence-corrected chi connectivity index (χ1v) is 34.1. The normalized spacial score (nSPS) is 12.6. The largest absolute Gasteiger partial charge is 0.462 e. The lowest BCUT2D eigenvalue weighted by molar-refractivity contribution is -0.167. The van der Waals surface area contributed by atoms with Gasteiger partial charge >= 0.3 is 17.9 Å². The topological polar surface area (TPSA) is 78.9 Å². The maximum Gasteiger partial charge on any atom is 0.306 e. The van der Waals surface area contributed by atoms with Gasteiger partial charge in [0.25, 0.3) is 0 Å². The Morgan fingerprint density at radius 3 is 0.722 bits per heavy atom. The molecule has 0 aliphatic heterocycles. The first kappa shape index (κ1) is 75.6. The molecule has 0 spiro atoms. The first-order valence-electron chi connectivity index (χ1n) is 34.1. The molecule has 1 atom stereocenters. The molecule has 0 bridgehead atoms. The molecule has 0 aromatic heterocycles. The molecule has 0 N–H and O–H groups in total. The van der Waals surface area contributed by atoms with Crippen LogP contribution in [0.15, 0.2) is 85.1 Å². The van der Waals surface area contributed by atoms with Gasteiger partial charge < -0.3 is 14.2 Å². The van der Waals surface area contributed by atoms with Crippen molar-refractivity contribution in [1.29, 1.82) is 0 Å². The molecule has 0 aromatic carbocycles. The van der Waals surface area contributed by atoms with Gasteiger partial charge in [-0.2, -0.15) is 0 Å². The van der Waals surface area contributed by atoms with Crippen LogP contribution in [0.1, 0.15) is 342 Å². The third-order valence-electron chi connectivity index (χ3n) is 14.8. The summed E-state index contributed by atoms with van der Waals surface area (Å²) in [6.07, 6.45) is 88.7. The summed E-state index contributed by atoms with van der Waals surface area (Å²) in [5, 5.41) is 0. The van der Waals surface area contributed by atoms with Gasteiger partial charge in [-0.25, -0.2) is 0 Å². The third kappa shape index (κ3) is 65.3. The number of ether oxygens (including phenoxy) is 3. The minimum Gasteiger partial charge on any atom is -0.462 e. The fourth-order valence-corrected chi connectivity index (χ4v) is 9.69. The number of allylic oxidation sites excluding steroid dienone is 14. The summed E-state index contributed by atoms with van der Waals surface area (Å²) in [7, 11) is 0. The van der Waals surface area contributed by atoms with Crippen molar-refractivity contribution in [3.05, 3.63) is 85.1 Å². The number of carbonyl (C=O) groups is 3. The highest BCUT2D eigenvalue weighted by molar-refractivity contribution is 5.71. The van der Waals surface area contributed by atoms with Gasteiger partial charge in [-0.05, 0) is 122 Å². The van der Waals surface area contributed by atoms with Gasteiger partial charge in [-0.15, -0.1) is 0 Å². The highest BCUT2D eigenvalue weighted by atomic mass is 16.6. The Morgan fingerprint density at radius 1 is 0.253 bits per heavy atom. The zero-order valence-corrected chi connectivity index (χ0v) is 52.4. The van der Waals surface area contributed by atoms with E-state index in [1.807, 2.05) is 0 Å². The van der Waals surface area contributed by atoms with Crippen molar-refractivity contribution in [2.45, 2.75) is 348 Å². The molecule has 0 aliphatic rings. The van der Waals surface area contributed by atoms with E-state index in [2.05, 4.69) is 106 Å². The monoisotopic (exact) mass is 1100 g/mol. The Kier molecular flexibility index (Phi) is 64.2. The lowest BCUT2D eigenvalue weighted by Crippen LogP contribution is -2.30. The van der Waals surface area contributed by atoms with Crippen LogP contribution in [0.5, 0.6) is 0 Å². The van der Waals surface area contributed by atoms with E-state index in [-0.39, 0.29) is 31.1 Å². The van der Waals surface area contributed by atoms with Crippen molar-refractivity contribution >= 4 is 17.9 Å². The Balaban J connectivity index is 4.39. The minimum absolute atomic E-state index is 0.0852. The third-order valence-corrected chi connectivity index (χ3v) is 14.8. The molecule has 0 saturated heterocycles. The van der Waals surface area contributed by atoms with Crippen LogP contribution in [0.25, 0.3) is 0 Å². The van der Waals surface area contributed by atoms with Crippen molar-refractivity contribution in [2.24, 2.45) is 0 Å². The second-order valence-electron chi connectivity index (χ2n) is 22.7. The van der Waals surface area contributed by atoms with E-state index in [0.29, 0.717) is 19.3 Å². The summed E-state index contributed by atoms with van der Waals surface area (Å²) >= 11 is 0. The Hall–Kier alpha value is -3.41. The predicted octanol–water partition coefficient (Wildman–Crippen LogP) is 23.4. The molecular weight excluding hydrogens is 973 g/mol. The second-order valence-corrected chi connectivity index (χ2v) is 22.7. The molecule has 0 amide bonds. The number of esters is 3. The number of carbonyl (C=O) groups excluding carboxylic acids is 3. The number of hydrogen-bond acceptors (Lipinski definition) is 6. The van der Waals surface area contributed by atoms with Crippen LogP contribution in [0.2, 0.25) is 0 Å². The SMILES string of the molecule is CCCCCCC/C=C\C/C=C\C/C=C\CCCCCCCCCCC(=O)OCC(COC(=O)CCCCCCC/C=C\CCCCCCCC)OC(=O)CCCCCCCCCC/C=C\C/C=C\C/C=C\CCCCCCC. The molecule has 0 saturated carbocycles. The van der Waals surface area contributed by atoms with Gasteiger partial charge in [0.05, 0.1) is 0 Å². The van der Waals surface area contributed by atoms with E-state index < -0.39 is 6.10 Å². The molecule has 6 nitrogen and oxygen atoms in total. The Morgan fingerprint density at radius 2 is 0.456 bits per heavy atom. The van der Waals surface area contributed by atoms with E-state index in [1.54, 1.807) is 0 Å². The summed E-state index contributed by atoms with van der Waals surface area (Å²) in [5.74, 6) is -0.893. The molecule has 1 unspecified atom stereocenters. The van der Waals surface area contributed by atoms with E-state index in [9.17, 15) is 14.4 Å². The molecule has 456 valence electrons. The molecule has 0 fully saturated rings. The summed E-state index contributed by atoms with van der Waals surface area (Å²) < 4.78 is 17.0. The highest BCUT2D eigenvalue weighted by Crippen LogP contribution is 2.16. The zero-order chi connectivity index (χ0) is 57.1. The molecule has 0 radical (unpaired) electrons.